The quantitative estimate of drug-likeness (QED) is 0.810. The number of hydrogen-bond acceptors (Lipinski definition) is 3. The zero-order valence-corrected chi connectivity index (χ0v) is 12.4. The van der Waals surface area contributed by atoms with Gasteiger partial charge in [-0.3, -0.25) is 4.90 Å². The van der Waals surface area contributed by atoms with Crippen LogP contribution in [-0.4, -0.2) is 37.1 Å². The molecule has 1 aromatic carbocycles. The van der Waals surface area contributed by atoms with Crippen molar-refractivity contribution in [2.75, 3.05) is 30.8 Å². The summed E-state index contributed by atoms with van der Waals surface area (Å²) >= 11 is 3.64. The predicted octanol–water partition coefficient (Wildman–Crippen LogP) is 2.70. The van der Waals surface area contributed by atoms with Crippen molar-refractivity contribution in [1.82, 2.24) is 4.90 Å². The first-order valence-corrected chi connectivity index (χ1v) is 7.46. The molecule has 4 heteroatoms. The number of nitrogens with zero attached hydrogens (tertiary/aromatic N) is 2. The lowest BCUT2D eigenvalue weighted by atomic mass is 10.1. The van der Waals surface area contributed by atoms with Crippen LogP contribution in [-0.2, 0) is 0 Å². The van der Waals surface area contributed by atoms with Crippen molar-refractivity contribution < 1.29 is 0 Å². The van der Waals surface area contributed by atoms with E-state index in [-0.39, 0.29) is 0 Å². The van der Waals surface area contributed by atoms with E-state index in [0.29, 0.717) is 6.04 Å². The molecule has 2 aliphatic heterocycles. The average molecular weight is 310 g/mol. The van der Waals surface area contributed by atoms with E-state index in [1.165, 1.54) is 24.9 Å². The van der Waals surface area contributed by atoms with E-state index in [1.807, 2.05) is 12.1 Å². The van der Waals surface area contributed by atoms with Crippen LogP contribution in [0.15, 0.2) is 22.7 Å². The second-order valence-corrected chi connectivity index (χ2v) is 6.35. The monoisotopic (exact) mass is 309 g/mol. The molecule has 3 rings (SSSR count). The zero-order valence-electron chi connectivity index (χ0n) is 10.8. The fraction of sp³-hybridized carbons (Fsp3) is 0.571. The Morgan fingerprint density at radius 1 is 1.22 bits per heavy atom. The van der Waals surface area contributed by atoms with Gasteiger partial charge in [-0.2, -0.15) is 0 Å². The molecule has 2 heterocycles. The van der Waals surface area contributed by atoms with E-state index in [9.17, 15) is 0 Å². The van der Waals surface area contributed by atoms with Crippen LogP contribution >= 0.6 is 15.9 Å². The molecular formula is C14H20BrN3. The molecule has 0 aromatic heterocycles. The van der Waals surface area contributed by atoms with Crippen molar-refractivity contribution in [1.29, 1.82) is 0 Å². The molecule has 0 saturated carbocycles. The predicted molar refractivity (Wildman–Crippen MR) is 80.0 cm³/mol. The molecule has 2 bridgehead atoms. The summed E-state index contributed by atoms with van der Waals surface area (Å²) in [5, 5.41) is 0. The SMILES string of the molecule is CN1C2CCC1CN(c1ccc(N)cc1Br)CC2. The number of nitrogen functional groups attached to an aromatic ring is 1. The number of rotatable bonds is 1. The van der Waals surface area contributed by atoms with E-state index >= 15 is 0 Å². The fourth-order valence-corrected chi connectivity index (χ4v) is 3.95. The number of nitrogens with two attached hydrogens (primary N) is 1. The Hall–Kier alpha value is -0.740. The summed E-state index contributed by atoms with van der Waals surface area (Å²) in [7, 11) is 2.28. The molecule has 18 heavy (non-hydrogen) atoms. The maximum atomic E-state index is 5.81. The van der Waals surface area contributed by atoms with Crippen LogP contribution in [0.25, 0.3) is 0 Å². The van der Waals surface area contributed by atoms with Crippen molar-refractivity contribution in [2.45, 2.75) is 31.3 Å². The normalized spacial score (nSPS) is 28.4. The Morgan fingerprint density at radius 2 is 2.00 bits per heavy atom. The van der Waals surface area contributed by atoms with Crippen molar-refractivity contribution in [3.63, 3.8) is 0 Å². The number of anilines is 2. The molecule has 2 N–H and O–H groups in total. The van der Waals surface area contributed by atoms with Crippen LogP contribution in [0, 0.1) is 0 Å². The third-order valence-electron chi connectivity index (χ3n) is 4.46. The van der Waals surface area contributed by atoms with Gasteiger partial charge in [0.1, 0.15) is 0 Å². The van der Waals surface area contributed by atoms with E-state index in [4.69, 9.17) is 5.73 Å². The van der Waals surface area contributed by atoms with Gasteiger partial charge in [-0.1, -0.05) is 0 Å². The highest BCUT2D eigenvalue weighted by molar-refractivity contribution is 9.10. The fourth-order valence-electron chi connectivity index (χ4n) is 3.31. The second-order valence-electron chi connectivity index (χ2n) is 5.50. The Kier molecular flexibility index (Phi) is 3.24. The maximum absolute atomic E-state index is 5.81. The third-order valence-corrected chi connectivity index (χ3v) is 5.10. The molecule has 2 unspecified atom stereocenters. The second kappa shape index (κ2) is 4.74. The number of likely N-dealkylation sites (N-methyl/N-ethyl adjacent to an activating group) is 1. The van der Waals surface area contributed by atoms with E-state index in [0.717, 1.165) is 29.3 Å². The molecule has 2 aliphatic rings. The topological polar surface area (TPSA) is 32.5 Å². The summed E-state index contributed by atoms with van der Waals surface area (Å²) in [6, 6.07) is 7.63. The van der Waals surface area contributed by atoms with Crippen LogP contribution in [0.4, 0.5) is 11.4 Å². The Balaban J connectivity index is 1.84. The summed E-state index contributed by atoms with van der Waals surface area (Å²) in [6.07, 6.45) is 3.98. The standard InChI is InChI=1S/C14H20BrN3/c1-17-11-3-4-12(17)9-18(7-6-11)14-5-2-10(16)8-13(14)15/h2,5,8,11-12H,3-4,6-7,9,16H2,1H3. The maximum Gasteiger partial charge on any atom is 0.0512 e. The number of halogens is 1. The number of fused-ring (bicyclic) bond motifs is 2. The minimum atomic E-state index is 0.710. The van der Waals surface area contributed by atoms with Crippen molar-refractivity contribution in [3.8, 4) is 0 Å². The lowest BCUT2D eigenvalue weighted by Crippen LogP contribution is -2.36. The molecule has 2 saturated heterocycles. The largest absolute Gasteiger partial charge is 0.399 e. The Morgan fingerprint density at radius 3 is 2.78 bits per heavy atom. The van der Waals surface area contributed by atoms with Gasteiger partial charge in [-0.25, -0.2) is 0 Å². The van der Waals surface area contributed by atoms with Gasteiger partial charge in [0.05, 0.1) is 5.69 Å². The summed E-state index contributed by atoms with van der Waals surface area (Å²) in [4.78, 5) is 5.08. The Labute approximate surface area is 117 Å². The van der Waals surface area contributed by atoms with Crippen molar-refractivity contribution in [3.05, 3.63) is 22.7 Å². The molecule has 3 nitrogen and oxygen atoms in total. The van der Waals surface area contributed by atoms with Crippen LogP contribution in [0.3, 0.4) is 0 Å². The van der Waals surface area contributed by atoms with Gasteiger partial charge in [0, 0.05) is 35.3 Å². The number of hydrogen-bond donors (Lipinski definition) is 1. The minimum absolute atomic E-state index is 0.710. The van der Waals surface area contributed by atoms with Gasteiger partial charge >= 0.3 is 0 Å². The lowest BCUT2D eigenvalue weighted by molar-refractivity contribution is 0.254. The molecule has 0 amide bonds. The van der Waals surface area contributed by atoms with Crippen molar-refractivity contribution >= 4 is 27.3 Å². The molecular weight excluding hydrogens is 290 g/mol. The highest BCUT2D eigenvalue weighted by Crippen LogP contribution is 2.34. The van der Waals surface area contributed by atoms with Gasteiger partial charge in [0.15, 0.2) is 0 Å². The van der Waals surface area contributed by atoms with Crippen LogP contribution < -0.4 is 10.6 Å². The number of benzene rings is 1. The lowest BCUT2D eigenvalue weighted by Gasteiger charge is -2.28. The van der Waals surface area contributed by atoms with Crippen LogP contribution in [0.2, 0.25) is 0 Å². The smallest absolute Gasteiger partial charge is 0.0512 e. The van der Waals surface area contributed by atoms with Crippen molar-refractivity contribution in [2.24, 2.45) is 0 Å². The van der Waals surface area contributed by atoms with Crippen LogP contribution in [0.5, 0.6) is 0 Å². The molecule has 0 radical (unpaired) electrons. The molecule has 0 aliphatic carbocycles. The molecule has 1 aromatic rings. The van der Waals surface area contributed by atoms with Gasteiger partial charge in [-0.15, -0.1) is 0 Å². The molecule has 2 fully saturated rings. The Bertz CT molecular complexity index is 449. The van der Waals surface area contributed by atoms with Gasteiger partial charge in [0.25, 0.3) is 0 Å². The van der Waals surface area contributed by atoms with Gasteiger partial charge in [-0.05, 0) is 60.4 Å². The average Bonchev–Trinajstić information content (AvgIpc) is 2.55. The highest BCUT2D eigenvalue weighted by Gasteiger charge is 2.34. The van der Waals surface area contributed by atoms with E-state index < -0.39 is 0 Å². The summed E-state index contributed by atoms with van der Waals surface area (Å²) in [5.41, 5.74) is 7.91. The summed E-state index contributed by atoms with van der Waals surface area (Å²) in [6.45, 7) is 2.28. The first kappa shape index (κ1) is 12.3. The molecule has 2 atom stereocenters. The third kappa shape index (κ3) is 2.12. The van der Waals surface area contributed by atoms with Gasteiger partial charge in [0.2, 0.25) is 0 Å². The van der Waals surface area contributed by atoms with E-state index in [1.54, 1.807) is 0 Å². The first-order chi connectivity index (χ1) is 8.65. The molecule has 0 spiro atoms. The molecule has 98 valence electrons. The van der Waals surface area contributed by atoms with E-state index in [2.05, 4.69) is 38.8 Å². The van der Waals surface area contributed by atoms with Crippen LogP contribution in [0.1, 0.15) is 19.3 Å². The highest BCUT2D eigenvalue weighted by atomic mass is 79.9. The minimum Gasteiger partial charge on any atom is -0.399 e. The summed E-state index contributed by atoms with van der Waals surface area (Å²) in [5.74, 6) is 0. The zero-order chi connectivity index (χ0) is 12.7. The first-order valence-electron chi connectivity index (χ1n) is 6.67. The van der Waals surface area contributed by atoms with Gasteiger partial charge < -0.3 is 10.6 Å². The summed E-state index contributed by atoms with van der Waals surface area (Å²) < 4.78 is 1.11.